The van der Waals surface area contributed by atoms with Crippen molar-refractivity contribution in [1.82, 2.24) is 10.1 Å². The number of benzene rings is 1. The van der Waals surface area contributed by atoms with E-state index < -0.39 is 0 Å². The number of aromatic nitrogens is 2. The lowest BCUT2D eigenvalue weighted by molar-refractivity contribution is 0.355. The average molecular weight is 270 g/mol. The largest absolute Gasteiger partial charge is 0.493 e. The van der Waals surface area contributed by atoms with Crippen molar-refractivity contribution in [2.24, 2.45) is 5.73 Å². The number of hydrogen-bond donors (Lipinski definition) is 1. The molecular formula is C11H12ClN3O3. The van der Waals surface area contributed by atoms with Crippen LogP contribution < -0.4 is 15.2 Å². The van der Waals surface area contributed by atoms with Crippen molar-refractivity contribution in [2.75, 3.05) is 14.2 Å². The Morgan fingerprint density at radius 1 is 1.33 bits per heavy atom. The van der Waals surface area contributed by atoms with Gasteiger partial charge in [-0.1, -0.05) is 16.8 Å². The van der Waals surface area contributed by atoms with Gasteiger partial charge in [-0.2, -0.15) is 4.98 Å². The first-order chi connectivity index (χ1) is 8.71. The Balaban J connectivity index is 2.61. The molecule has 0 aliphatic carbocycles. The number of methoxy groups -OCH3 is 2. The van der Waals surface area contributed by atoms with E-state index in [1.807, 2.05) is 0 Å². The van der Waals surface area contributed by atoms with E-state index in [1.54, 1.807) is 12.1 Å². The van der Waals surface area contributed by atoms with Gasteiger partial charge in [0.05, 0.1) is 31.4 Å². The van der Waals surface area contributed by atoms with Gasteiger partial charge in [0.15, 0.2) is 11.5 Å². The van der Waals surface area contributed by atoms with Crippen LogP contribution in [0, 0.1) is 0 Å². The highest BCUT2D eigenvalue weighted by atomic mass is 35.5. The Kier molecular flexibility index (Phi) is 3.69. The summed E-state index contributed by atoms with van der Waals surface area (Å²) < 4.78 is 15.4. The fraction of sp³-hybridized carbons (Fsp3) is 0.273. The van der Waals surface area contributed by atoms with Crippen LogP contribution in [-0.4, -0.2) is 24.4 Å². The van der Waals surface area contributed by atoms with Crippen LogP contribution >= 0.6 is 11.6 Å². The molecule has 0 bridgehead atoms. The summed E-state index contributed by atoms with van der Waals surface area (Å²) in [6, 6.07) is 3.38. The van der Waals surface area contributed by atoms with Gasteiger partial charge >= 0.3 is 0 Å². The first-order valence-electron chi connectivity index (χ1n) is 5.14. The van der Waals surface area contributed by atoms with Crippen LogP contribution in [0.2, 0.25) is 5.02 Å². The number of rotatable bonds is 4. The zero-order chi connectivity index (χ0) is 13.1. The molecule has 1 aromatic heterocycles. The van der Waals surface area contributed by atoms with E-state index in [-0.39, 0.29) is 6.54 Å². The Hall–Kier alpha value is -1.79. The average Bonchev–Trinajstić information content (AvgIpc) is 2.86. The molecule has 0 spiro atoms. The summed E-state index contributed by atoms with van der Waals surface area (Å²) in [4.78, 5) is 4.12. The highest BCUT2D eigenvalue weighted by Gasteiger charge is 2.20. The van der Waals surface area contributed by atoms with Crippen molar-refractivity contribution in [3.05, 3.63) is 23.0 Å². The van der Waals surface area contributed by atoms with Gasteiger partial charge in [-0.05, 0) is 12.1 Å². The molecular weight excluding hydrogens is 258 g/mol. The number of nitrogens with two attached hydrogens (primary N) is 1. The molecule has 0 amide bonds. The molecule has 1 heterocycles. The van der Waals surface area contributed by atoms with Crippen LogP contribution in [0.25, 0.3) is 11.4 Å². The third-order valence-electron chi connectivity index (χ3n) is 2.36. The van der Waals surface area contributed by atoms with Crippen molar-refractivity contribution in [2.45, 2.75) is 6.54 Å². The van der Waals surface area contributed by atoms with Gasteiger partial charge in [0.1, 0.15) is 0 Å². The second kappa shape index (κ2) is 5.24. The van der Waals surface area contributed by atoms with Crippen LogP contribution in [0.1, 0.15) is 5.89 Å². The zero-order valence-corrected chi connectivity index (χ0v) is 10.7. The Labute approximate surface area is 109 Å². The Bertz CT molecular complexity index is 556. The monoisotopic (exact) mass is 269 g/mol. The molecule has 2 rings (SSSR count). The molecule has 1 aromatic carbocycles. The number of nitrogens with zero attached hydrogens (tertiary/aromatic N) is 2. The van der Waals surface area contributed by atoms with Crippen molar-refractivity contribution in [3.8, 4) is 22.9 Å². The lowest BCUT2D eigenvalue weighted by Crippen LogP contribution is -1.97. The van der Waals surface area contributed by atoms with Crippen molar-refractivity contribution < 1.29 is 14.0 Å². The second-order valence-electron chi connectivity index (χ2n) is 3.37. The fourth-order valence-corrected chi connectivity index (χ4v) is 1.78. The van der Waals surface area contributed by atoms with Gasteiger partial charge in [0, 0.05) is 0 Å². The van der Waals surface area contributed by atoms with Gasteiger partial charge in [-0.25, -0.2) is 0 Å². The third-order valence-corrected chi connectivity index (χ3v) is 2.68. The fourth-order valence-electron chi connectivity index (χ4n) is 1.55. The molecule has 0 saturated carbocycles. The first kappa shape index (κ1) is 12.7. The minimum absolute atomic E-state index is 0.164. The predicted octanol–water partition coefficient (Wildman–Crippen LogP) is 1.87. The highest BCUT2D eigenvalue weighted by molar-refractivity contribution is 6.33. The van der Waals surface area contributed by atoms with E-state index in [1.165, 1.54) is 14.2 Å². The number of ether oxygens (including phenoxy) is 2. The lowest BCUT2D eigenvalue weighted by atomic mass is 10.1. The molecule has 0 unspecified atom stereocenters. The summed E-state index contributed by atoms with van der Waals surface area (Å²) in [6.45, 7) is 0.164. The van der Waals surface area contributed by atoms with Gasteiger partial charge in [-0.3, -0.25) is 0 Å². The highest BCUT2D eigenvalue weighted by Crippen LogP contribution is 2.41. The van der Waals surface area contributed by atoms with Crippen LogP contribution in [0.3, 0.4) is 0 Å². The van der Waals surface area contributed by atoms with Crippen molar-refractivity contribution in [3.63, 3.8) is 0 Å². The van der Waals surface area contributed by atoms with Crippen molar-refractivity contribution >= 4 is 11.6 Å². The van der Waals surface area contributed by atoms with Crippen molar-refractivity contribution in [1.29, 1.82) is 0 Å². The van der Waals surface area contributed by atoms with E-state index in [0.717, 1.165) is 0 Å². The van der Waals surface area contributed by atoms with Gasteiger partial charge in [-0.15, -0.1) is 0 Å². The van der Waals surface area contributed by atoms with E-state index in [2.05, 4.69) is 10.1 Å². The first-order valence-corrected chi connectivity index (χ1v) is 5.52. The summed E-state index contributed by atoms with van der Waals surface area (Å²) in [6.07, 6.45) is 0. The predicted molar refractivity (Wildman–Crippen MR) is 65.7 cm³/mol. The minimum Gasteiger partial charge on any atom is -0.493 e. The molecule has 7 heteroatoms. The maximum Gasteiger partial charge on any atom is 0.240 e. The molecule has 0 radical (unpaired) electrons. The molecule has 6 nitrogen and oxygen atoms in total. The molecule has 2 N–H and O–H groups in total. The van der Waals surface area contributed by atoms with Crippen LogP contribution in [0.5, 0.6) is 11.5 Å². The summed E-state index contributed by atoms with van der Waals surface area (Å²) >= 11 is 6.14. The normalized spacial score (nSPS) is 10.4. The summed E-state index contributed by atoms with van der Waals surface area (Å²) in [5.41, 5.74) is 5.94. The Morgan fingerprint density at radius 2 is 2.11 bits per heavy atom. The van der Waals surface area contributed by atoms with E-state index in [0.29, 0.717) is 33.8 Å². The van der Waals surface area contributed by atoms with Gasteiger partial charge in [0.2, 0.25) is 11.7 Å². The summed E-state index contributed by atoms with van der Waals surface area (Å²) in [5, 5.41) is 4.26. The standard InChI is InChI=1S/C11H12ClN3O3/c1-16-7-4-3-6(12)9(10(7)17-2)11-14-8(5-13)18-15-11/h3-4H,5,13H2,1-2H3. The van der Waals surface area contributed by atoms with E-state index in [4.69, 9.17) is 31.3 Å². The van der Waals surface area contributed by atoms with Gasteiger partial charge < -0.3 is 19.7 Å². The van der Waals surface area contributed by atoms with E-state index >= 15 is 0 Å². The smallest absolute Gasteiger partial charge is 0.240 e. The maximum absolute atomic E-state index is 6.14. The number of halogens is 1. The molecule has 0 atom stereocenters. The number of hydrogen-bond acceptors (Lipinski definition) is 6. The minimum atomic E-state index is 0.164. The second-order valence-corrected chi connectivity index (χ2v) is 3.78. The molecule has 18 heavy (non-hydrogen) atoms. The summed E-state index contributed by atoms with van der Waals surface area (Å²) in [7, 11) is 3.05. The molecule has 0 aliphatic heterocycles. The molecule has 96 valence electrons. The molecule has 0 aliphatic rings. The molecule has 0 saturated heterocycles. The zero-order valence-electron chi connectivity index (χ0n) is 9.94. The van der Waals surface area contributed by atoms with E-state index in [9.17, 15) is 0 Å². The van der Waals surface area contributed by atoms with Crippen LogP contribution in [0.15, 0.2) is 16.7 Å². The SMILES string of the molecule is COc1ccc(Cl)c(-c2noc(CN)n2)c1OC. The molecule has 2 aromatic rings. The topological polar surface area (TPSA) is 83.4 Å². The molecule has 0 fully saturated rings. The van der Waals surface area contributed by atoms with Gasteiger partial charge in [0.25, 0.3) is 0 Å². The maximum atomic E-state index is 6.14. The lowest BCUT2D eigenvalue weighted by Gasteiger charge is -2.11. The third kappa shape index (κ3) is 2.12. The van der Waals surface area contributed by atoms with Crippen LogP contribution in [-0.2, 0) is 6.54 Å². The quantitative estimate of drug-likeness (QED) is 0.912. The Morgan fingerprint density at radius 3 is 2.67 bits per heavy atom. The summed E-state index contributed by atoms with van der Waals surface area (Å²) in [5.74, 6) is 1.63. The van der Waals surface area contributed by atoms with Crippen LogP contribution in [0.4, 0.5) is 0 Å².